The lowest BCUT2D eigenvalue weighted by atomic mass is 9.90. The lowest BCUT2D eigenvalue weighted by Crippen LogP contribution is -2.66. The molecule has 0 bridgehead atoms. The van der Waals surface area contributed by atoms with Gasteiger partial charge in [0.15, 0.2) is 67.7 Å². The third-order valence-corrected chi connectivity index (χ3v) is 10.6. The van der Waals surface area contributed by atoms with Crippen LogP contribution >= 0.6 is 0 Å². The Kier molecular flexibility index (Phi) is 20.0. The average molecular weight is 977 g/mol. The van der Waals surface area contributed by atoms with Crippen LogP contribution in [0.15, 0.2) is 12.3 Å². The van der Waals surface area contributed by atoms with Crippen molar-refractivity contribution in [2.75, 3.05) is 13.2 Å². The minimum absolute atomic E-state index is 0.525. The van der Waals surface area contributed by atoms with Crippen LogP contribution in [0.25, 0.3) is 0 Å². The van der Waals surface area contributed by atoms with Crippen LogP contribution in [0.4, 0.5) is 0 Å². The molecule has 4 rings (SSSR count). The molecule has 0 aromatic carbocycles. The van der Waals surface area contributed by atoms with E-state index in [1.807, 2.05) is 0 Å². The van der Waals surface area contributed by atoms with Crippen LogP contribution in [0.2, 0.25) is 0 Å². The Morgan fingerprint density at radius 3 is 1.28 bits per heavy atom. The van der Waals surface area contributed by atoms with Crippen molar-refractivity contribution in [3.63, 3.8) is 0 Å². The molecule has 0 aliphatic carbocycles. The van der Waals surface area contributed by atoms with Gasteiger partial charge in [0.2, 0.25) is 0 Å². The molecule has 0 saturated carbocycles. The highest BCUT2D eigenvalue weighted by Crippen LogP contribution is 2.38. The molecule has 3 fully saturated rings. The molecule has 0 aromatic heterocycles. The Hall–Kier alpha value is -5.47. The molecule has 11 unspecified atom stereocenters. The molecule has 0 aromatic rings. The number of hydrogen-bond acceptors (Lipinski definition) is 25. The maximum atomic E-state index is 13.0. The van der Waals surface area contributed by atoms with Crippen molar-refractivity contribution in [1.82, 2.24) is 0 Å². The predicted molar refractivity (Wildman–Crippen MR) is 217 cm³/mol. The topological polar surface area (TPSA) is 301 Å². The SMILES string of the molecule is CC(=O)OCC1O[C@@H](OC2C(COC(C)=O)OC=C[C@H]2O[C@@H]2OC(C)C(OC(C)=O)[C@H](OC(C)=O)C2OC(C)=O)C(OC2OC(C)[C@@H](C)C(OC(C)=O)[C@H]2OC(C)=O)[C@@H](OC(C)=O)C1OC(C)=O. The highest BCUT2D eigenvalue weighted by Gasteiger charge is 2.58. The van der Waals surface area contributed by atoms with Crippen LogP contribution in [-0.2, 0) is 119 Å². The first-order valence-corrected chi connectivity index (χ1v) is 21.6. The zero-order chi connectivity index (χ0) is 50.7. The largest absolute Gasteiger partial charge is 0.492 e. The van der Waals surface area contributed by atoms with E-state index in [1.165, 1.54) is 19.3 Å². The van der Waals surface area contributed by atoms with E-state index in [-0.39, 0.29) is 0 Å². The van der Waals surface area contributed by atoms with Gasteiger partial charge in [-0.3, -0.25) is 43.2 Å². The minimum atomic E-state index is -1.88. The Morgan fingerprint density at radius 1 is 0.382 bits per heavy atom. The van der Waals surface area contributed by atoms with Crippen molar-refractivity contribution >= 4 is 53.7 Å². The van der Waals surface area contributed by atoms with Crippen molar-refractivity contribution in [3.05, 3.63) is 12.3 Å². The number of rotatable bonds is 17. The first kappa shape index (κ1) is 55.1. The lowest BCUT2D eigenvalue weighted by molar-refractivity contribution is -0.377. The number of hydrogen-bond donors (Lipinski definition) is 0. The second-order valence-corrected chi connectivity index (χ2v) is 16.2. The quantitative estimate of drug-likeness (QED) is 0.142. The molecule has 4 heterocycles. The molecule has 0 N–H and O–H groups in total. The fourth-order valence-corrected chi connectivity index (χ4v) is 7.84. The van der Waals surface area contributed by atoms with Gasteiger partial charge in [-0.15, -0.1) is 0 Å². The second-order valence-electron chi connectivity index (χ2n) is 16.2. The van der Waals surface area contributed by atoms with Crippen LogP contribution in [0, 0.1) is 5.92 Å². The third-order valence-electron chi connectivity index (χ3n) is 10.6. The standard InChI is InChI=1S/C43H60O25/c1-17-18(2)56-42(38(63-27(11)51)32(17)58-22(6)46)68-40-37(62-26(10)50)35(60-24(8)48)31(16-55-21(5)45)66-43(40)67-34-29(13-14-53-30(34)15-54-20(4)44)65-41-39(64-28(12)52)36(61-25(9)49)33(19(3)57-41)59-23(7)47/h13-14,17-19,29-43H,15-16H2,1-12H3/t17-,18?,19?,29-,30?,31?,32?,33?,34?,35?,36+,37+,38-,39?,40?,41+,42?,43+/m1/s1. The zero-order valence-corrected chi connectivity index (χ0v) is 39.7. The molecule has 0 radical (unpaired) electrons. The van der Waals surface area contributed by atoms with Gasteiger partial charge in [-0.05, 0) is 19.9 Å². The average Bonchev–Trinajstić information content (AvgIpc) is 3.21. The summed E-state index contributed by atoms with van der Waals surface area (Å²) < 4.78 is 94.1. The van der Waals surface area contributed by atoms with E-state index in [0.29, 0.717) is 0 Å². The molecule has 0 spiro atoms. The Balaban J connectivity index is 1.90. The van der Waals surface area contributed by atoms with Crippen molar-refractivity contribution in [2.24, 2.45) is 5.92 Å². The summed E-state index contributed by atoms with van der Waals surface area (Å²) in [4.78, 5) is 112. The summed E-state index contributed by atoms with van der Waals surface area (Å²) in [6.07, 6.45) is -22.5. The highest BCUT2D eigenvalue weighted by molar-refractivity contribution is 5.70. The zero-order valence-electron chi connectivity index (χ0n) is 39.7. The van der Waals surface area contributed by atoms with Crippen molar-refractivity contribution in [1.29, 1.82) is 0 Å². The Morgan fingerprint density at radius 2 is 0.765 bits per heavy atom. The van der Waals surface area contributed by atoms with Gasteiger partial charge in [0, 0.05) is 68.2 Å². The molecule has 4 aliphatic heterocycles. The molecule has 25 nitrogen and oxygen atoms in total. The van der Waals surface area contributed by atoms with E-state index in [2.05, 4.69) is 0 Å². The number of carbonyl (C=O) groups is 9. The van der Waals surface area contributed by atoms with E-state index in [1.54, 1.807) is 13.8 Å². The van der Waals surface area contributed by atoms with Gasteiger partial charge < -0.3 is 75.8 Å². The highest BCUT2D eigenvalue weighted by atomic mass is 16.8. The van der Waals surface area contributed by atoms with Crippen LogP contribution in [0.1, 0.15) is 83.1 Å². The molecular formula is C43H60O25. The molecule has 4 aliphatic rings. The molecular weight excluding hydrogens is 916 g/mol. The van der Waals surface area contributed by atoms with Gasteiger partial charge in [0.1, 0.15) is 37.6 Å². The summed E-state index contributed by atoms with van der Waals surface area (Å²) in [5, 5.41) is 0. The number of ether oxygens (including phenoxy) is 16. The summed E-state index contributed by atoms with van der Waals surface area (Å²) in [5.41, 5.74) is 0. The van der Waals surface area contributed by atoms with Crippen LogP contribution in [-0.4, -0.2) is 171 Å². The molecule has 3 saturated heterocycles. The molecule has 382 valence electrons. The summed E-state index contributed by atoms with van der Waals surface area (Å²) in [7, 11) is 0. The van der Waals surface area contributed by atoms with Gasteiger partial charge in [-0.2, -0.15) is 0 Å². The molecule has 25 heteroatoms. The van der Waals surface area contributed by atoms with Crippen molar-refractivity contribution < 1.29 is 119 Å². The predicted octanol–water partition coefficient (Wildman–Crippen LogP) is 0.553. The summed E-state index contributed by atoms with van der Waals surface area (Å²) in [6, 6.07) is 0. The van der Waals surface area contributed by atoms with Crippen LogP contribution < -0.4 is 0 Å². The first-order chi connectivity index (χ1) is 31.9. The monoisotopic (exact) mass is 976 g/mol. The van der Waals surface area contributed by atoms with E-state index in [0.717, 1.165) is 62.3 Å². The van der Waals surface area contributed by atoms with Crippen molar-refractivity contribution in [2.45, 2.75) is 187 Å². The Bertz CT molecular complexity index is 1870. The fraction of sp³-hybridized carbons (Fsp3) is 0.744. The summed E-state index contributed by atoms with van der Waals surface area (Å²) >= 11 is 0. The smallest absolute Gasteiger partial charge is 0.303 e. The van der Waals surface area contributed by atoms with Crippen molar-refractivity contribution in [3.8, 4) is 0 Å². The van der Waals surface area contributed by atoms with E-state index < -0.39 is 177 Å². The Labute approximate surface area is 391 Å². The van der Waals surface area contributed by atoms with Gasteiger partial charge >= 0.3 is 53.7 Å². The molecule has 0 amide bonds. The lowest BCUT2D eigenvalue weighted by Gasteiger charge is -2.49. The van der Waals surface area contributed by atoms with E-state index in [4.69, 9.17) is 75.8 Å². The fourth-order valence-electron chi connectivity index (χ4n) is 7.84. The van der Waals surface area contributed by atoms with Gasteiger partial charge in [-0.1, -0.05) is 6.92 Å². The number of esters is 9. The van der Waals surface area contributed by atoms with Crippen LogP contribution in [0.3, 0.4) is 0 Å². The number of carbonyl (C=O) groups excluding carboxylic acids is 9. The maximum absolute atomic E-state index is 13.0. The van der Waals surface area contributed by atoms with Gasteiger partial charge in [0.05, 0.1) is 18.5 Å². The first-order valence-electron chi connectivity index (χ1n) is 21.6. The van der Waals surface area contributed by atoms with E-state index >= 15 is 0 Å². The minimum Gasteiger partial charge on any atom is -0.492 e. The van der Waals surface area contributed by atoms with Gasteiger partial charge in [0.25, 0.3) is 0 Å². The van der Waals surface area contributed by atoms with Gasteiger partial charge in [-0.25, -0.2) is 0 Å². The maximum Gasteiger partial charge on any atom is 0.303 e. The summed E-state index contributed by atoms with van der Waals surface area (Å²) in [5.74, 6) is -8.05. The second kappa shape index (κ2) is 24.7. The third kappa shape index (κ3) is 15.3. The van der Waals surface area contributed by atoms with Crippen LogP contribution in [0.5, 0.6) is 0 Å². The molecule has 18 atom stereocenters. The molecule has 68 heavy (non-hydrogen) atoms. The summed E-state index contributed by atoms with van der Waals surface area (Å²) in [6.45, 7) is 13.4. The normalized spacial score (nSPS) is 35.5. The van der Waals surface area contributed by atoms with E-state index in [9.17, 15) is 43.2 Å².